The van der Waals surface area contributed by atoms with Crippen molar-refractivity contribution in [3.05, 3.63) is 71.1 Å². The Morgan fingerprint density at radius 2 is 1.52 bits per heavy atom. The fraction of sp³-hybridized carbons (Fsp3) is 0.467. The van der Waals surface area contributed by atoms with E-state index in [1.54, 1.807) is 14.2 Å². The molecular weight excluding hydrogens is 576 g/mol. The lowest BCUT2D eigenvalue weighted by molar-refractivity contribution is -0.0778. The highest BCUT2D eigenvalue weighted by atomic mass is 79.9. The van der Waals surface area contributed by atoms with E-state index >= 15 is 0 Å². The van der Waals surface area contributed by atoms with E-state index in [0.29, 0.717) is 36.6 Å². The molecule has 0 saturated carbocycles. The van der Waals surface area contributed by atoms with Gasteiger partial charge >= 0.3 is 6.09 Å². The second-order valence-corrected chi connectivity index (χ2v) is 11.0. The van der Waals surface area contributed by atoms with Gasteiger partial charge < -0.3 is 34.5 Å². The van der Waals surface area contributed by atoms with Crippen LogP contribution in [0.25, 0.3) is 0 Å². The molecule has 1 atom stereocenters. The lowest BCUT2D eigenvalue weighted by Gasteiger charge is -2.46. The van der Waals surface area contributed by atoms with Crippen molar-refractivity contribution in [2.45, 2.75) is 65.5 Å². The number of carbonyl (C=O) groups excluding carboxylic acids is 1. The largest absolute Gasteiger partial charge is 0.497 e. The monoisotopic (exact) mass is 616 g/mol. The molecule has 0 aliphatic carbocycles. The van der Waals surface area contributed by atoms with Gasteiger partial charge in [-0.1, -0.05) is 53.5 Å². The van der Waals surface area contributed by atoms with Crippen LogP contribution in [0.3, 0.4) is 0 Å². The molecule has 0 bridgehead atoms. The van der Waals surface area contributed by atoms with Crippen LogP contribution in [-0.4, -0.2) is 59.8 Å². The second kappa shape index (κ2) is 14.4. The van der Waals surface area contributed by atoms with Gasteiger partial charge in [-0.25, -0.2) is 9.79 Å². The molecule has 1 amide bonds. The van der Waals surface area contributed by atoms with Gasteiger partial charge in [0, 0.05) is 24.0 Å². The van der Waals surface area contributed by atoms with Crippen molar-refractivity contribution in [2.75, 3.05) is 26.2 Å². The molecular formula is C30H41BrN4O5. The van der Waals surface area contributed by atoms with Crippen LogP contribution < -0.4 is 15.2 Å². The first-order chi connectivity index (χ1) is 19.1. The number of nitrogens with two attached hydrogens (primary N) is 1. The number of ether oxygens (including phenoxy) is 4. The summed E-state index contributed by atoms with van der Waals surface area (Å²) in [6, 6.07) is 15.7. The molecule has 2 aromatic rings. The van der Waals surface area contributed by atoms with E-state index < -0.39 is 18.0 Å². The molecule has 0 fully saturated rings. The molecule has 218 valence electrons. The third kappa shape index (κ3) is 8.14. The number of hydrogen-bond donors (Lipinski definition) is 1. The summed E-state index contributed by atoms with van der Waals surface area (Å²) >= 11 is 3.64. The first-order valence-corrected chi connectivity index (χ1v) is 14.5. The van der Waals surface area contributed by atoms with E-state index in [-0.39, 0.29) is 0 Å². The smallest absolute Gasteiger partial charge is 0.410 e. The highest BCUT2D eigenvalue weighted by Crippen LogP contribution is 2.34. The molecule has 10 heteroatoms. The number of nitrogens with zero attached hydrogens (tertiary/aromatic N) is 3. The summed E-state index contributed by atoms with van der Waals surface area (Å²) in [5, 5.41) is 0.401. The predicted octanol–water partition coefficient (Wildman–Crippen LogP) is 6.02. The van der Waals surface area contributed by atoms with Crippen molar-refractivity contribution in [2.24, 2.45) is 10.7 Å². The zero-order valence-corrected chi connectivity index (χ0v) is 25.9. The minimum absolute atomic E-state index is 0.302. The van der Waals surface area contributed by atoms with E-state index in [9.17, 15) is 4.79 Å². The molecule has 1 heterocycles. The van der Waals surface area contributed by atoms with Crippen LogP contribution in [0, 0.1) is 0 Å². The van der Waals surface area contributed by atoms with Gasteiger partial charge in [0.1, 0.15) is 11.5 Å². The number of aliphatic imine (C=N–C) groups is 1. The Morgan fingerprint density at radius 1 is 1.00 bits per heavy atom. The van der Waals surface area contributed by atoms with Gasteiger partial charge in [0.15, 0.2) is 11.6 Å². The van der Waals surface area contributed by atoms with E-state index in [1.807, 2.05) is 53.4 Å². The third-order valence-corrected chi connectivity index (χ3v) is 6.92. The van der Waals surface area contributed by atoms with Crippen LogP contribution in [0.15, 0.2) is 65.0 Å². The van der Waals surface area contributed by atoms with Gasteiger partial charge in [-0.3, -0.25) is 0 Å². The molecule has 1 aliphatic heterocycles. The number of hydrogen-bond acceptors (Lipinski definition) is 8. The van der Waals surface area contributed by atoms with Gasteiger partial charge in [0.05, 0.1) is 26.5 Å². The first kappa shape index (κ1) is 31.3. The molecule has 3 rings (SSSR count). The topological polar surface area (TPSA) is 98.9 Å². The Hall–Kier alpha value is -3.24. The summed E-state index contributed by atoms with van der Waals surface area (Å²) in [5.41, 5.74) is 7.99. The molecule has 0 spiro atoms. The van der Waals surface area contributed by atoms with Crippen LogP contribution >= 0.6 is 15.9 Å². The van der Waals surface area contributed by atoms with E-state index in [1.165, 1.54) is 0 Å². The van der Waals surface area contributed by atoms with Gasteiger partial charge in [-0.05, 0) is 62.6 Å². The molecule has 1 aliphatic rings. The third-order valence-electron chi connectivity index (χ3n) is 6.39. The van der Waals surface area contributed by atoms with Gasteiger partial charge in [0.2, 0.25) is 6.35 Å². The van der Waals surface area contributed by atoms with Crippen molar-refractivity contribution in [1.29, 1.82) is 0 Å². The van der Waals surface area contributed by atoms with Crippen LogP contribution in [-0.2, 0) is 22.6 Å². The maximum atomic E-state index is 12.2. The first-order valence-electron chi connectivity index (χ1n) is 13.4. The summed E-state index contributed by atoms with van der Waals surface area (Å²) in [6.07, 6.45) is 0.369. The number of rotatable bonds is 12. The zero-order chi connectivity index (χ0) is 29.3. The van der Waals surface area contributed by atoms with Gasteiger partial charge in [-0.15, -0.1) is 0 Å². The Labute approximate surface area is 246 Å². The zero-order valence-electron chi connectivity index (χ0n) is 24.3. The number of unbranched alkanes of at least 4 members (excludes halogenated alkanes) is 1. The molecule has 1 unspecified atom stereocenters. The Balaban J connectivity index is 2.15. The number of halogens is 1. The van der Waals surface area contributed by atoms with Crippen LogP contribution in [0.5, 0.6) is 11.5 Å². The Morgan fingerprint density at radius 3 is 1.93 bits per heavy atom. The summed E-state index contributed by atoms with van der Waals surface area (Å²) in [6.45, 7) is 9.83. The maximum absolute atomic E-state index is 12.2. The summed E-state index contributed by atoms with van der Waals surface area (Å²) in [4.78, 5) is 21.4. The standard InChI is InChI=1S/C30H41BrN4O5/c1-7-8-17-39-29-33-27(26(40-28(32)36)25(18-31)35(29)30(2,3)4)34(19-21-9-13-23(37-5)14-10-21)20-22-11-15-24(38-6)16-12-22/h9-16,29H,7-8,17-20H2,1-6H3,(H2,32,36). The van der Waals surface area contributed by atoms with E-state index in [0.717, 1.165) is 41.2 Å². The number of amides is 1. The molecule has 0 radical (unpaired) electrons. The SMILES string of the molecule is CCCCOC1N=C(N(Cc2ccc(OC)cc2)Cc2ccc(OC)cc2)C(OC(N)=O)=C(CBr)N1C(C)(C)C. The van der Waals surface area contributed by atoms with Gasteiger partial charge in [0.25, 0.3) is 0 Å². The van der Waals surface area contributed by atoms with Crippen molar-refractivity contribution in [3.63, 3.8) is 0 Å². The van der Waals surface area contributed by atoms with Crippen molar-refractivity contribution >= 4 is 27.9 Å². The van der Waals surface area contributed by atoms with E-state index in [2.05, 4.69) is 48.5 Å². The lowest BCUT2D eigenvalue weighted by atomic mass is 10.0. The Kier molecular flexibility index (Phi) is 11.3. The molecule has 9 nitrogen and oxygen atoms in total. The highest BCUT2D eigenvalue weighted by Gasteiger charge is 2.40. The summed E-state index contributed by atoms with van der Waals surface area (Å²) in [7, 11) is 3.28. The molecule has 2 N–H and O–H groups in total. The highest BCUT2D eigenvalue weighted by molar-refractivity contribution is 9.09. The number of carbonyl (C=O) groups is 1. The molecule has 0 saturated heterocycles. The number of allylic oxidation sites excluding steroid dienone is 1. The summed E-state index contributed by atoms with van der Waals surface area (Å²) in [5.74, 6) is 2.33. The second-order valence-electron chi connectivity index (χ2n) is 10.4. The van der Waals surface area contributed by atoms with E-state index in [4.69, 9.17) is 29.7 Å². The number of alkyl halides is 1. The Bertz CT molecular complexity index is 1130. The fourth-order valence-electron chi connectivity index (χ4n) is 4.44. The van der Waals surface area contributed by atoms with Crippen LogP contribution in [0.2, 0.25) is 0 Å². The summed E-state index contributed by atoms with van der Waals surface area (Å²) < 4.78 is 22.7. The number of benzene rings is 2. The molecule has 2 aromatic carbocycles. The number of primary amides is 1. The predicted molar refractivity (Wildman–Crippen MR) is 160 cm³/mol. The minimum atomic E-state index is -0.908. The van der Waals surface area contributed by atoms with Crippen molar-refractivity contribution in [1.82, 2.24) is 9.80 Å². The molecule has 40 heavy (non-hydrogen) atoms. The van der Waals surface area contributed by atoms with Gasteiger partial charge in [-0.2, -0.15) is 0 Å². The normalized spacial score (nSPS) is 15.5. The number of amidine groups is 1. The fourth-order valence-corrected chi connectivity index (χ4v) is 4.96. The minimum Gasteiger partial charge on any atom is -0.497 e. The average Bonchev–Trinajstić information content (AvgIpc) is 2.93. The van der Waals surface area contributed by atoms with Crippen molar-refractivity contribution in [3.8, 4) is 11.5 Å². The van der Waals surface area contributed by atoms with Crippen molar-refractivity contribution < 1.29 is 23.7 Å². The quantitative estimate of drug-likeness (QED) is 0.230. The van der Waals surface area contributed by atoms with Crippen LogP contribution in [0.1, 0.15) is 51.7 Å². The maximum Gasteiger partial charge on any atom is 0.410 e. The number of methoxy groups -OCH3 is 2. The average molecular weight is 618 g/mol. The molecule has 0 aromatic heterocycles. The van der Waals surface area contributed by atoms with Crippen LogP contribution in [0.4, 0.5) is 4.79 Å². The lowest BCUT2D eigenvalue weighted by Crippen LogP contribution is -2.53.